The van der Waals surface area contributed by atoms with Crippen LogP contribution in [-0.4, -0.2) is 32.7 Å². The molecule has 3 amide bonds. The van der Waals surface area contributed by atoms with E-state index in [1.165, 1.54) is 18.2 Å². The molecule has 32 heavy (non-hydrogen) atoms. The second-order valence-electron chi connectivity index (χ2n) is 7.95. The van der Waals surface area contributed by atoms with Crippen molar-refractivity contribution in [2.45, 2.75) is 26.3 Å². The summed E-state index contributed by atoms with van der Waals surface area (Å²) < 4.78 is 0. The van der Waals surface area contributed by atoms with Crippen LogP contribution in [0.2, 0.25) is 5.02 Å². The summed E-state index contributed by atoms with van der Waals surface area (Å²) in [7, 11) is 0. The fraction of sp³-hybridized carbons (Fsp3) is 0.261. The van der Waals surface area contributed by atoms with E-state index in [0.29, 0.717) is 23.4 Å². The smallest absolute Gasteiger partial charge is 0.272 e. The van der Waals surface area contributed by atoms with Crippen molar-refractivity contribution in [3.8, 4) is 0 Å². The minimum Gasteiger partial charge on any atom is -0.272 e. The molecule has 8 nitrogen and oxygen atoms in total. The molecule has 1 heterocycles. The van der Waals surface area contributed by atoms with Crippen molar-refractivity contribution in [2.24, 2.45) is 11.8 Å². The quantitative estimate of drug-likeness (QED) is 0.293. The normalized spacial score (nSPS) is 20.1. The molecule has 4 rings (SSSR count). The molecular weight excluding hydrogens is 434 g/mol. The van der Waals surface area contributed by atoms with Crippen LogP contribution < -0.4 is 0 Å². The molecule has 164 valence electrons. The van der Waals surface area contributed by atoms with Crippen LogP contribution in [0.5, 0.6) is 0 Å². The molecule has 2 atom stereocenters. The summed E-state index contributed by atoms with van der Waals surface area (Å²) in [5, 5.41) is 13.5. The van der Waals surface area contributed by atoms with Crippen molar-refractivity contribution < 1.29 is 19.3 Å². The van der Waals surface area contributed by atoms with Crippen molar-refractivity contribution in [3.05, 3.63) is 86.4 Å². The van der Waals surface area contributed by atoms with E-state index in [9.17, 15) is 24.5 Å². The van der Waals surface area contributed by atoms with Gasteiger partial charge in [0.2, 0.25) is 0 Å². The molecule has 0 aromatic heterocycles. The van der Waals surface area contributed by atoms with E-state index in [-0.39, 0.29) is 17.8 Å². The number of hydrogen-bond donors (Lipinski definition) is 0. The van der Waals surface area contributed by atoms with Crippen molar-refractivity contribution in [1.82, 2.24) is 10.0 Å². The van der Waals surface area contributed by atoms with Gasteiger partial charge in [-0.1, -0.05) is 47.5 Å². The van der Waals surface area contributed by atoms with Gasteiger partial charge in [-0.2, -0.15) is 5.01 Å². The Morgan fingerprint density at radius 2 is 1.88 bits per heavy atom. The average Bonchev–Trinajstić information content (AvgIpc) is 3.02. The number of hydrazine groups is 1. The molecular formula is C23H20ClN3O5. The van der Waals surface area contributed by atoms with Gasteiger partial charge in [0.1, 0.15) is 0 Å². The highest BCUT2D eigenvalue weighted by Crippen LogP contribution is 2.39. The zero-order valence-corrected chi connectivity index (χ0v) is 18.0. The fourth-order valence-electron chi connectivity index (χ4n) is 4.18. The second kappa shape index (κ2) is 8.55. The molecule has 1 fully saturated rings. The lowest BCUT2D eigenvalue weighted by Gasteiger charge is -2.31. The minimum absolute atomic E-state index is 0.00367. The highest BCUT2D eigenvalue weighted by atomic mass is 35.5. The Morgan fingerprint density at radius 1 is 1.16 bits per heavy atom. The second-order valence-corrected chi connectivity index (χ2v) is 8.36. The number of nitro groups is 1. The number of nitrogens with zero attached hydrogens (tertiary/aromatic N) is 3. The van der Waals surface area contributed by atoms with Crippen molar-refractivity contribution >= 4 is 35.0 Å². The first-order valence-corrected chi connectivity index (χ1v) is 10.5. The standard InChI is InChI=1S/C23H20ClN3O5/c1-14-9-10-18-19(11-14)23(30)26(22(18)29)25(13-16-5-2-3-8-20(16)24)21(28)15-6-4-7-17(12-15)27(31)32/h2-9,12,18-19H,10-11,13H2,1H3/t18-,19-/m0/s1. The Bertz CT molecular complexity index is 1160. The van der Waals surface area contributed by atoms with E-state index in [0.717, 1.165) is 21.7 Å². The average molecular weight is 454 g/mol. The highest BCUT2D eigenvalue weighted by molar-refractivity contribution is 6.31. The van der Waals surface area contributed by atoms with Crippen molar-refractivity contribution in [3.63, 3.8) is 0 Å². The number of nitro benzene ring substituents is 1. The summed E-state index contributed by atoms with van der Waals surface area (Å²) in [5.74, 6) is -2.65. The number of non-ortho nitro benzene ring substituents is 1. The number of benzene rings is 2. The Balaban J connectivity index is 1.75. The number of halogens is 1. The van der Waals surface area contributed by atoms with Gasteiger partial charge in [-0.15, -0.1) is 0 Å². The summed E-state index contributed by atoms with van der Waals surface area (Å²) in [6.45, 7) is 1.77. The third-order valence-electron chi connectivity index (χ3n) is 5.86. The van der Waals surface area contributed by atoms with Crippen LogP contribution in [-0.2, 0) is 16.1 Å². The van der Waals surface area contributed by atoms with E-state index >= 15 is 0 Å². The molecule has 0 bridgehead atoms. The summed E-state index contributed by atoms with van der Waals surface area (Å²) in [4.78, 5) is 50.6. The van der Waals surface area contributed by atoms with E-state index in [4.69, 9.17) is 11.6 Å². The van der Waals surface area contributed by atoms with Crippen molar-refractivity contribution in [2.75, 3.05) is 0 Å². The SMILES string of the molecule is CC1=CC[C@@H]2C(=O)N(N(Cc3ccccc3Cl)C(=O)c3cccc([N+](=O)[O-])c3)C(=O)[C@H]2C1. The Morgan fingerprint density at radius 3 is 2.59 bits per heavy atom. The molecule has 2 aromatic carbocycles. The molecule has 2 aromatic rings. The third-order valence-corrected chi connectivity index (χ3v) is 6.23. The van der Waals surface area contributed by atoms with Crippen LogP contribution in [0.15, 0.2) is 60.2 Å². The first kappa shape index (κ1) is 21.7. The van der Waals surface area contributed by atoms with Crippen LogP contribution in [0, 0.1) is 22.0 Å². The van der Waals surface area contributed by atoms with E-state index < -0.39 is 34.5 Å². The number of imide groups is 1. The predicted molar refractivity (Wildman–Crippen MR) is 116 cm³/mol. The van der Waals surface area contributed by atoms with Gasteiger partial charge in [-0.25, -0.2) is 5.01 Å². The van der Waals surface area contributed by atoms with E-state index in [1.807, 2.05) is 13.0 Å². The Kier molecular flexibility index (Phi) is 5.80. The molecule has 0 unspecified atom stereocenters. The molecule has 9 heteroatoms. The molecule has 0 spiro atoms. The molecule has 1 aliphatic carbocycles. The number of rotatable bonds is 5. The van der Waals surface area contributed by atoms with Gasteiger partial charge in [-0.3, -0.25) is 24.5 Å². The lowest BCUT2D eigenvalue weighted by atomic mass is 9.82. The number of hydrogen-bond acceptors (Lipinski definition) is 5. The van der Waals surface area contributed by atoms with Gasteiger partial charge in [0.25, 0.3) is 23.4 Å². The largest absolute Gasteiger partial charge is 0.273 e. The third kappa shape index (κ3) is 3.89. The first-order valence-electron chi connectivity index (χ1n) is 10.1. The molecule has 1 aliphatic heterocycles. The molecule has 0 N–H and O–H groups in total. The van der Waals surface area contributed by atoms with Crippen molar-refractivity contribution in [1.29, 1.82) is 0 Å². The van der Waals surface area contributed by atoms with Crippen LogP contribution in [0.4, 0.5) is 5.69 Å². The zero-order valence-electron chi connectivity index (χ0n) is 17.2. The summed E-state index contributed by atoms with van der Waals surface area (Å²) >= 11 is 6.28. The summed E-state index contributed by atoms with van der Waals surface area (Å²) in [6, 6.07) is 12.0. The molecule has 2 aliphatic rings. The van der Waals surface area contributed by atoms with Crippen LogP contribution in [0.25, 0.3) is 0 Å². The topological polar surface area (TPSA) is 101 Å². The van der Waals surface area contributed by atoms with Gasteiger partial charge in [0.15, 0.2) is 0 Å². The molecule has 0 radical (unpaired) electrons. The highest BCUT2D eigenvalue weighted by Gasteiger charge is 2.51. The maximum Gasteiger partial charge on any atom is 0.273 e. The minimum atomic E-state index is -0.696. The zero-order chi connectivity index (χ0) is 23.0. The van der Waals surface area contributed by atoms with Crippen LogP contribution in [0.3, 0.4) is 0 Å². The van der Waals surface area contributed by atoms with Crippen LogP contribution >= 0.6 is 11.6 Å². The van der Waals surface area contributed by atoms with Gasteiger partial charge < -0.3 is 0 Å². The lowest BCUT2D eigenvalue weighted by molar-refractivity contribution is -0.384. The lowest BCUT2D eigenvalue weighted by Crippen LogP contribution is -2.49. The first-order chi connectivity index (χ1) is 15.3. The Labute approximate surface area is 189 Å². The number of carbonyl (C=O) groups excluding carboxylic acids is 3. The van der Waals surface area contributed by atoms with E-state index in [2.05, 4.69) is 0 Å². The number of amides is 3. The van der Waals surface area contributed by atoms with E-state index in [1.54, 1.807) is 24.3 Å². The summed E-state index contributed by atoms with van der Waals surface area (Å²) in [6.07, 6.45) is 2.83. The fourth-order valence-corrected chi connectivity index (χ4v) is 4.38. The Hall–Kier alpha value is -3.52. The van der Waals surface area contributed by atoms with Gasteiger partial charge >= 0.3 is 0 Å². The summed E-state index contributed by atoms with van der Waals surface area (Å²) in [5.41, 5.74) is 1.30. The van der Waals surface area contributed by atoms with Gasteiger partial charge in [0.05, 0.1) is 23.3 Å². The molecule has 1 saturated heterocycles. The number of carbonyl (C=O) groups is 3. The van der Waals surface area contributed by atoms with Gasteiger partial charge in [0, 0.05) is 22.7 Å². The maximum atomic E-state index is 13.5. The maximum absolute atomic E-state index is 13.5. The molecule has 0 saturated carbocycles. The monoisotopic (exact) mass is 453 g/mol. The predicted octanol–water partition coefficient (Wildman–Crippen LogP) is 4.15. The van der Waals surface area contributed by atoms with Crippen LogP contribution in [0.1, 0.15) is 35.7 Å². The number of allylic oxidation sites excluding steroid dienone is 2. The number of fused-ring (bicyclic) bond motifs is 1. The van der Waals surface area contributed by atoms with Gasteiger partial charge in [-0.05, 0) is 37.5 Å².